The lowest BCUT2D eigenvalue weighted by Crippen LogP contribution is -2.57. The van der Waals surface area contributed by atoms with Gasteiger partial charge in [-0.05, 0) is 46.7 Å². The Bertz CT molecular complexity index is 479. The van der Waals surface area contributed by atoms with E-state index in [0.29, 0.717) is 0 Å². The Morgan fingerprint density at radius 2 is 1.21 bits per heavy atom. The molecule has 0 fully saturated rings. The third-order valence-corrected chi connectivity index (χ3v) is 5.48. The minimum atomic E-state index is -0.608. The number of rotatable bonds is 4. The summed E-state index contributed by atoms with van der Waals surface area (Å²) in [5.41, 5.74) is -0.618. The van der Waals surface area contributed by atoms with Crippen molar-refractivity contribution >= 4 is 0 Å². The van der Waals surface area contributed by atoms with Crippen LogP contribution in [0.2, 0.25) is 0 Å². The van der Waals surface area contributed by atoms with Crippen LogP contribution in [0.25, 0.3) is 0 Å². The molecule has 2 nitrogen and oxygen atoms in total. The largest absolute Gasteiger partial charge is 0.508 e. The lowest BCUT2D eigenvalue weighted by atomic mass is 9.45. The van der Waals surface area contributed by atoms with Crippen LogP contribution in [0.1, 0.15) is 82.1 Å². The normalized spacial score (nSPS) is 22.5. The molecule has 1 unspecified atom stereocenters. The first-order valence-electron chi connectivity index (χ1n) is 9.22. The zero-order valence-corrected chi connectivity index (χ0v) is 17.6. The topological polar surface area (TPSA) is 40.5 Å². The van der Waals surface area contributed by atoms with Gasteiger partial charge in [-0.1, -0.05) is 75.3 Å². The molecule has 0 aliphatic heterocycles. The zero-order valence-electron chi connectivity index (χ0n) is 17.6. The molecule has 0 aromatic carbocycles. The molecule has 0 spiro atoms. The van der Waals surface area contributed by atoms with Crippen LogP contribution < -0.4 is 0 Å². The molecule has 1 atom stereocenters. The van der Waals surface area contributed by atoms with E-state index in [2.05, 4.69) is 69.2 Å². The first-order chi connectivity index (χ1) is 10.4. The second-order valence-corrected chi connectivity index (χ2v) is 11.5. The molecule has 0 amide bonds. The summed E-state index contributed by atoms with van der Waals surface area (Å²) in [6, 6.07) is 0. The van der Waals surface area contributed by atoms with E-state index in [-0.39, 0.29) is 27.4 Å². The molecule has 1 aliphatic rings. The van der Waals surface area contributed by atoms with Gasteiger partial charge in [0, 0.05) is 5.41 Å². The van der Waals surface area contributed by atoms with E-state index in [9.17, 15) is 10.2 Å². The van der Waals surface area contributed by atoms with Crippen LogP contribution >= 0.6 is 0 Å². The highest BCUT2D eigenvalue weighted by Crippen LogP contribution is 2.62. The molecule has 0 bridgehead atoms. The summed E-state index contributed by atoms with van der Waals surface area (Å²) < 4.78 is 0. The molecule has 140 valence electrons. The first-order valence-corrected chi connectivity index (χ1v) is 9.22. The zero-order chi connectivity index (χ0) is 19.2. The van der Waals surface area contributed by atoms with Crippen LogP contribution in [0.5, 0.6) is 0 Å². The van der Waals surface area contributed by atoms with Gasteiger partial charge >= 0.3 is 0 Å². The molecule has 0 radical (unpaired) electrons. The first kappa shape index (κ1) is 21.3. The second kappa shape index (κ2) is 6.20. The van der Waals surface area contributed by atoms with Crippen molar-refractivity contribution in [1.29, 1.82) is 0 Å². The van der Waals surface area contributed by atoms with Crippen LogP contribution in [0.3, 0.4) is 0 Å². The van der Waals surface area contributed by atoms with Crippen LogP contribution in [0.4, 0.5) is 0 Å². The van der Waals surface area contributed by atoms with Crippen molar-refractivity contribution in [3.63, 3.8) is 0 Å². The van der Waals surface area contributed by atoms with Crippen LogP contribution in [-0.2, 0) is 0 Å². The standard InChI is InChI=1S/C22H40O2/c1-18(2,3)14-20(7,8)22(13-16(23)11-12-17(22)24)21(9,10)15-19(4,5)6/h11-13,17,23-24H,14-15H2,1-10H3. The summed E-state index contributed by atoms with van der Waals surface area (Å²) in [6.07, 6.45) is 6.65. The number of allylic oxidation sites excluding steroid dienone is 1. The molecule has 0 heterocycles. The number of hydrogen-bond donors (Lipinski definition) is 2. The van der Waals surface area contributed by atoms with E-state index in [0.717, 1.165) is 12.8 Å². The number of aliphatic hydroxyl groups excluding tert-OH is 2. The van der Waals surface area contributed by atoms with Crippen molar-refractivity contribution in [3.05, 3.63) is 24.0 Å². The summed E-state index contributed by atoms with van der Waals surface area (Å²) >= 11 is 0. The second-order valence-electron chi connectivity index (χ2n) is 11.5. The molecule has 1 rings (SSSR count). The molecule has 0 aromatic rings. The Kier molecular flexibility index (Phi) is 5.49. The molecular formula is C22H40O2. The number of hydrogen-bond acceptors (Lipinski definition) is 2. The maximum atomic E-state index is 11.2. The van der Waals surface area contributed by atoms with Gasteiger partial charge in [-0.25, -0.2) is 0 Å². The van der Waals surface area contributed by atoms with Crippen LogP contribution in [0, 0.1) is 27.1 Å². The van der Waals surface area contributed by atoms with Gasteiger partial charge in [-0.2, -0.15) is 0 Å². The predicted molar refractivity (Wildman–Crippen MR) is 104 cm³/mol. The maximum Gasteiger partial charge on any atom is 0.112 e. The van der Waals surface area contributed by atoms with E-state index in [1.807, 2.05) is 6.08 Å². The fourth-order valence-corrected chi connectivity index (χ4v) is 5.76. The van der Waals surface area contributed by atoms with Crippen LogP contribution in [0.15, 0.2) is 24.0 Å². The summed E-state index contributed by atoms with van der Waals surface area (Å²) in [5.74, 6) is 0.268. The molecule has 0 saturated carbocycles. The Morgan fingerprint density at radius 1 is 0.833 bits per heavy atom. The molecule has 2 N–H and O–H groups in total. The maximum absolute atomic E-state index is 11.2. The molecule has 0 aromatic heterocycles. The van der Waals surface area contributed by atoms with Gasteiger partial charge in [0.1, 0.15) is 5.76 Å². The van der Waals surface area contributed by atoms with Crippen molar-refractivity contribution in [3.8, 4) is 0 Å². The highest BCUT2D eigenvalue weighted by Gasteiger charge is 2.59. The average Bonchev–Trinajstić information content (AvgIpc) is 2.25. The van der Waals surface area contributed by atoms with E-state index in [4.69, 9.17) is 0 Å². The van der Waals surface area contributed by atoms with Crippen LogP contribution in [-0.4, -0.2) is 16.3 Å². The monoisotopic (exact) mass is 336 g/mol. The minimum Gasteiger partial charge on any atom is -0.508 e. The Labute approximate surface area is 150 Å². The smallest absolute Gasteiger partial charge is 0.112 e. The third kappa shape index (κ3) is 4.25. The van der Waals surface area contributed by atoms with E-state index >= 15 is 0 Å². The Balaban J connectivity index is 3.58. The fourth-order valence-electron chi connectivity index (χ4n) is 5.76. The Hall–Kier alpha value is -0.760. The van der Waals surface area contributed by atoms with Gasteiger partial charge < -0.3 is 10.2 Å². The highest BCUT2D eigenvalue weighted by atomic mass is 16.3. The van der Waals surface area contributed by atoms with Crippen molar-refractivity contribution < 1.29 is 10.2 Å². The summed E-state index contributed by atoms with van der Waals surface area (Å²) in [7, 11) is 0. The molecule has 2 heteroatoms. The number of aliphatic hydroxyl groups is 2. The van der Waals surface area contributed by atoms with Gasteiger partial charge in [0.2, 0.25) is 0 Å². The van der Waals surface area contributed by atoms with Crippen molar-refractivity contribution in [2.75, 3.05) is 0 Å². The SMILES string of the molecule is CC(C)(C)CC(C)(C)C1(C(C)(C)CC(C)(C)C)C=C(O)C=CC1O. The van der Waals surface area contributed by atoms with Gasteiger partial charge in [-0.3, -0.25) is 0 Å². The lowest BCUT2D eigenvalue weighted by Gasteiger charge is -2.60. The van der Waals surface area contributed by atoms with E-state index < -0.39 is 11.5 Å². The predicted octanol–water partition coefficient (Wildman–Crippen LogP) is 6.27. The average molecular weight is 337 g/mol. The summed E-state index contributed by atoms with van der Waals surface area (Å²) in [6.45, 7) is 22.4. The molecular weight excluding hydrogens is 296 g/mol. The molecule has 0 saturated heterocycles. The van der Waals surface area contributed by atoms with Gasteiger partial charge in [0.25, 0.3) is 0 Å². The quantitative estimate of drug-likeness (QED) is 0.635. The molecule has 1 aliphatic carbocycles. The molecule has 24 heavy (non-hydrogen) atoms. The Morgan fingerprint density at radius 3 is 1.54 bits per heavy atom. The minimum absolute atomic E-state index is 0.138. The van der Waals surface area contributed by atoms with E-state index in [1.165, 1.54) is 0 Å². The van der Waals surface area contributed by atoms with Gasteiger partial charge in [-0.15, -0.1) is 0 Å². The highest BCUT2D eigenvalue weighted by molar-refractivity contribution is 5.31. The lowest BCUT2D eigenvalue weighted by molar-refractivity contribution is -0.116. The van der Waals surface area contributed by atoms with Crippen molar-refractivity contribution in [2.45, 2.75) is 88.2 Å². The summed E-state index contributed by atoms with van der Waals surface area (Å²) in [5, 5.41) is 21.5. The van der Waals surface area contributed by atoms with E-state index in [1.54, 1.807) is 12.2 Å². The van der Waals surface area contributed by atoms with Gasteiger partial charge in [0.15, 0.2) is 0 Å². The fraction of sp³-hybridized carbons (Fsp3) is 0.818. The van der Waals surface area contributed by atoms with Crippen molar-refractivity contribution in [1.82, 2.24) is 0 Å². The summed E-state index contributed by atoms with van der Waals surface area (Å²) in [4.78, 5) is 0. The van der Waals surface area contributed by atoms with Gasteiger partial charge in [0.05, 0.1) is 6.10 Å². The third-order valence-electron chi connectivity index (χ3n) is 5.48. The van der Waals surface area contributed by atoms with Crippen molar-refractivity contribution in [2.24, 2.45) is 27.1 Å².